The molecule has 0 radical (unpaired) electrons. The average molecular weight is 330 g/mol. The number of rotatable bonds is 7. The number of halogens is 2. The summed E-state index contributed by atoms with van der Waals surface area (Å²) in [5.41, 5.74) is 0.760. The molecule has 0 bridgehead atoms. The quantitative estimate of drug-likeness (QED) is 0.820. The minimum absolute atomic E-state index is 0.331. The number of hydrogen-bond donors (Lipinski definition) is 1. The lowest BCUT2D eigenvalue weighted by atomic mass is 10.0. The summed E-state index contributed by atoms with van der Waals surface area (Å²) in [6.07, 6.45) is 0.0621. The Bertz CT molecular complexity index is 507. The van der Waals surface area contributed by atoms with Crippen LogP contribution in [-0.2, 0) is 17.9 Å². The fourth-order valence-electron chi connectivity index (χ4n) is 2.80. The zero-order chi connectivity index (χ0) is 16.8. The molecule has 1 aliphatic rings. The van der Waals surface area contributed by atoms with Crippen LogP contribution in [-0.4, -0.2) is 60.5 Å². The second kappa shape index (κ2) is 8.35. The summed E-state index contributed by atoms with van der Waals surface area (Å²) < 4.78 is 29.8. The molecule has 6 nitrogen and oxygen atoms in total. The van der Waals surface area contributed by atoms with Crippen molar-refractivity contribution < 1.29 is 18.1 Å². The van der Waals surface area contributed by atoms with Gasteiger partial charge in [-0.25, -0.2) is 8.78 Å². The van der Waals surface area contributed by atoms with Crippen LogP contribution in [0.15, 0.2) is 10.6 Å². The highest BCUT2D eigenvalue weighted by molar-refractivity contribution is 5.81. The van der Waals surface area contributed by atoms with Gasteiger partial charge in [0.1, 0.15) is 0 Å². The molecular formula is C15H24F2N4O2. The van der Waals surface area contributed by atoms with E-state index < -0.39 is 13.0 Å². The second-order valence-corrected chi connectivity index (χ2v) is 6.14. The zero-order valence-corrected chi connectivity index (χ0v) is 13.6. The smallest absolute Gasteiger partial charge is 0.255 e. The van der Waals surface area contributed by atoms with Gasteiger partial charge in [-0.15, -0.1) is 0 Å². The first-order valence-electron chi connectivity index (χ1n) is 7.85. The summed E-state index contributed by atoms with van der Waals surface area (Å²) in [6, 6.07) is 1.50. The van der Waals surface area contributed by atoms with Crippen molar-refractivity contribution in [3.63, 3.8) is 0 Å². The molecule has 0 aromatic carbocycles. The Morgan fingerprint density at radius 2 is 2.30 bits per heavy atom. The van der Waals surface area contributed by atoms with Crippen LogP contribution in [0, 0.1) is 0 Å². The van der Waals surface area contributed by atoms with Crippen molar-refractivity contribution in [1.29, 1.82) is 0 Å². The van der Waals surface area contributed by atoms with E-state index in [9.17, 15) is 13.6 Å². The van der Waals surface area contributed by atoms with Gasteiger partial charge in [-0.1, -0.05) is 11.6 Å². The number of nitrogens with zero attached hydrogens (tertiary/aromatic N) is 3. The van der Waals surface area contributed by atoms with Crippen LogP contribution in [0.2, 0.25) is 0 Å². The molecule has 1 amide bonds. The third-order valence-corrected chi connectivity index (χ3v) is 3.79. The van der Waals surface area contributed by atoms with E-state index >= 15 is 0 Å². The first-order chi connectivity index (χ1) is 11.0. The van der Waals surface area contributed by atoms with E-state index in [-0.39, 0.29) is 11.9 Å². The molecule has 2 heterocycles. The fraction of sp³-hybridized carbons (Fsp3) is 0.733. The Morgan fingerprint density at radius 1 is 1.52 bits per heavy atom. The molecule has 1 aromatic rings. The molecule has 2 rings (SSSR count). The van der Waals surface area contributed by atoms with Crippen molar-refractivity contribution >= 4 is 5.91 Å². The summed E-state index contributed by atoms with van der Waals surface area (Å²) in [6.45, 7) is 1.30. The van der Waals surface area contributed by atoms with Crippen LogP contribution in [0.4, 0.5) is 8.78 Å². The third-order valence-electron chi connectivity index (χ3n) is 3.79. The van der Waals surface area contributed by atoms with Crippen LogP contribution < -0.4 is 5.32 Å². The van der Waals surface area contributed by atoms with E-state index in [1.54, 1.807) is 0 Å². The molecule has 1 fully saturated rings. The first-order valence-corrected chi connectivity index (χ1v) is 7.85. The van der Waals surface area contributed by atoms with Gasteiger partial charge in [-0.05, 0) is 33.5 Å². The van der Waals surface area contributed by atoms with Gasteiger partial charge >= 0.3 is 0 Å². The number of likely N-dealkylation sites (tertiary alicyclic amines) is 1. The van der Waals surface area contributed by atoms with Crippen LogP contribution in [0.1, 0.15) is 30.7 Å². The monoisotopic (exact) mass is 330 g/mol. The van der Waals surface area contributed by atoms with Gasteiger partial charge in [-0.2, -0.15) is 0 Å². The molecule has 1 atom stereocenters. The predicted octanol–water partition coefficient (Wildman–Crippen LogP) is 1.47. The molecule has 23 heavy (non-hydrogen) atoms. The third kappa shape index (κ3) is 5.54. The lowest BCUT2D eigenvalue weighted by Crippen LogP contribution is -2.49. The van der Waals surface area contributed by atoms with E-state index in [1.165, 1.54) is 0 Å². The molecule has 0 spiro atoms. The lowest BCUT2D eigenvalue weighted by Gasteiger charge is -2.33. The standard InChI is InChI=1S/C15H24F2N4O2/c1-20(2)10-12-7-11(19-23-12)9-21-6-4-3-5-13(21)15(22)18-8-14(16)17/h7,13-14H,3-6,8-10H2,1-2H3,(H,18,22)/t13-/m0/s1. The van der Waals surface area contributed by atoms with Gasteiger partial charge in [0.2, 0.25) is 5.91 Å². The molecular weight excluding hydrogens is 306 g/mol. The number of carbonyl (C=O) groups excluding carboxylic acids is 1. The molecule has 130 valence electrons. The Hall–Kier alpha value is -1.54. The fourth-order valence-corrected chi connectivity index (χ4v) is 2.80. The molecule has 1 saturated heterocycles. The highest BCUT2D eigenvalue weighted by Gasteiger charge is 2.29. The topological polar surface area (TPSA) is 61.6 Å². The van der Waals surface area contributed by atoms with Crippen molar-refractivity contribution in [2.24, 2.45) is 0 Å². The molecule has 0 unspecified atom stereocenters. The van der Waals surface area contributed by atoms with Gasteiger partial charge in [0, 0.05) is 12.6 Å². The number of carbonyl (C=O) groups is 1. The Kier molecular flexibility index (Phi) is 6.47. The minimum Gasteiger partial charge on any atom is -0.360 e. The highest BCUT2D eigenvalue weighted by atomic mass is 19.3. The number of nitrogens with one attached hydrogen (secondary N) is 1. The Balaban J connectivity index is 1.95. The second-order valence-electron chi connectivity index (χ2n) is 6.14. The molecule has 8 heteroatoms. The van der Waals surface area contributed by atoms with Crippen LogP contribution >= 0.6 is 0 Å². The van der Waals surface area contributed by atoms with E-state index in [1.807, 2.05) is 30.0 Å². The van der Waals surface area contributed by atoms with Crippen molar-refractivity contribution in [2.45, 2.75) is 44.8 Å². The summed E-state index contributed by atoms with van der Waals surface area (Å²) in [5, 5.41) is 6.35. The van der Waals surface area contributed by atoms with E-state index in [0.717, 1.165) is 30.8 Å². The van der Waals surface area contributed by atoms with Gasteiger partial charge in [0.05, 0.1) is 24.8 Å². The summed E-state index contributed by atoms with van der Waals surface area (Å²) >= 11 is 0. The number of aromatic nitrogens is 1. The van der Waals surface area contributed by atoms with Gasteiger partial charge in [0.25, 0.3) is 6.43 Å². The minimum atomic E-state index is -2.53. The number of hydrogen-bond acceptors (Lipinski definition) is 5. The molecule has 0 aliphatic carbocycles. The number of alkyl halides is 2. The van der Waals surface area contributed by atoms with Crippen LogP contribution in [0.5, 0.6) is 0 Å². The van der Waals surface area contributed by atoms with Crippen LogP contribution in [0.3, 0.4) is 0 Å². The van der Waals surface area contributed by atoms with E-state index in [2.05, 4.69) is 10.5 Å². The van der Waals surface area contributed by atoms with E-state index in [0.29, 0.717) is 19.5 Å². The zero-order valence-electron chi connectivity index (χ0n) is 13.6. The van der Waals surface area contributed by atoms with Gasteiger partial charge in [0.15, 0.2) is 5.76 Å². The number of amides is 1. The predicted molar refractivity (Wildman–Crippen MR) is 81.0 cm³/mol. The maximum absolute atomic E-state index is 12.3. The summed E-state index contributed by atoms with van der Waals surface area (Å²) in [7, 11) is 3.88. The van der Waals surface area contributed by atoms with Crippen molar-refractivity contribution in [3.05, 3.63) is 17.5 Å². The summed E-state index contributed by atoms with van der Waals surface area (Å²) in [4.78, 5) is 16.1. The maximum atomic E-state index is 12.3. The summed E-state index contributed by atoms with van der Waals surface area (Å²) in [5.74, 6) is 0.433. The lowest BCUT2D eigenvalue weighted by molar-refractivity contribution is -0.128. The van der Waals surface area contributed by atoms with E-state index in [4.69, 9.17) is 4.52 Å². The number of piperidine rings is 1. The Morgan fingerprint density at radius 3 is 3.00 bits per heavy atom. The Labute approximate surface area is 134 Å². The SMILES string of the molecule is CN(C)Cc1cc(CN2CCCC[C@H]2C(=O)NCC(F)F)no1. The molecule has 1 aliphatic heterocycles. The first kappa shape index (κ1) is 17.8. The van der Waals surface area contributed by atoms with Crippen molar-refractivity contribution in [2.75, 3.05) is 27.2 Å². The van der Waals surface area contributed by atoms with Crippen LogP contribution in [0.25, 0.3) is 0 Å². The average Bonchev–Trinajstić information content (AvgIpc) is 2.91. The highest BCUT2D eigenvalue weighted by Crippen LogP contribution is 2.20. The van der Waals surface area contributed by atoms with Crippen molar-refractivity contribution in [1.82, 2.24) is 20.3 Å². The normalized spacial score (nSPS) is 19.5. The van der Waals surface area contributed by atoms with Gasteiger partial charge in [-0.3, -0.25) is 9.69 Å². The molecule has 1 aromatic heterocycles. The molecule has 0 saturated carbocycles. The molecule has 1 N–H and O–H groups in total. The van der Waals surface area contributed by atoms with Gasteiger partial charge < -0.3 is 14.7 Å². The largest absolute Gasteiger partial charge is 0.360 e. The van der Waals surface area contributed by atoms with Crippen molar-refractivity contribution in [3.8, 4) is 0 Å². The maximum Gasteiger partial charge on any atom is 0.255 e.